The van der Waals surface area contributed by atoms with Gasteiger partial charge < -0.3 is 24.4 Å². The minimum atomic E-state index is -1.26. The lowest BCUT2D eigenvalue weighted by Gasteiger charge is -2.30. The summed E-state index contributed by atoms with van der Waals surface area (Å²) in [4.78, 5) is 23.8. The van der Waals surface area contributed by atoms with Crippen molar-refractivity contribution in [3.05, 3.63) is 59.2 Å². The van der Waals surface area contributed by atoms with Gasteiger partial charge in [0.15, 0.2) is 5.65 Å². The second-order valence-corrected chi connectivity index (χ2v) is 19.2. The Morgan fingerprint density at radius 1 is 1.16 bits per heavy atom. The van der Waals surface area contributed by atoms with E-state index in [0.717, 1.165) is 49.2 Å². The summed E-state index contributed by atoms with van der Waals surface area (Å²) in [7, 11) is -1.26. The van der Waals surface area contributed by atoms with Crippen molar-refractivity contribution in [1.29, 1.82) is 0 Å². The molecule has 1 N–H and O–H groups in total. The molecule has 1 amide bonds. The summed E-state index contributed by atoms with van der Waals surface area (Å²) in [6.07, 6.45) is 6.54. The molecule has 2 aliphatic rings. The summed E-state index contributed by atoms with van der Waals surface area (Å²) in [6.45, 7) is 16.7. The molecule has 2 aromatic heterocycles. The molecule has 0 spiro atoms. The number of nitrogens with zero attached hydrogens (tertiary/aromatic N) is 4. The quantitative estimate of drug-likeness (QED) is 0.191. The van der Waals surface area contributed by atoms with Crippen molar-refractivity contribution in [3.8, 4) is 17.3 Å². The van der Waals surface area contributed by atoms with Crippen LogP contribution in [-0.2, 0) is 21.0 Å². The summed E-state index contributed by atoms with van der Waals surface area (Å²) in [5, 5.41) is 3.53. The minimum Gasteiger partial charge on any atom is -0.457 e. The number of anilines is 1. The highest BCUT2D eigenvalue weighted by atomic mass is 35.5. The minimum absolute atomic E-state index is 0.0657. The zero-order chi connectivity index (χ0) is 31.5. The molecule has 1 unspecified atom stereocenters. The van der Waals surface area contributed by atoms with Gasteiger partial charge in [-0.25, -0.2) is 4.98 Å². The molecule has 9 nitrogen and oxygen atoms in total. The van der Waals surface area contributed by atoms with E-state index in [1.165, 1.54) is 6.92 Å². The van der Waals surface area contributed by atoms with Gasteiger partial charge in [0.25, 0.3) is 0 Å². The van der Waals surface area contributed by atoms with Gasteiger partial charge in [-0.05, 0) is 49.7 Å². The van der Waals surface area contributed by atoms with Crippen LogP contribution in [0.1, 0.15) is 27.2 Å². The van der Waals surface area contributed by atoms with Crippen LogP contribution < -0.4 is 15.0 Å². The number of pyridine rings is 1. The number of benzene rings is 1. The third kappa shape index (κ3) is 7.90. The maximum Gasteiger partial charge on any atom is 0.301 e. The van der Waals surface area contributed by atoms with Crippen molar-refractivity contribution in [2.24, 2.45) is 0 Å². The Labute approximate surface area is 266 Å². The van der Waals surface area contributed by atoms with E-state index < -0.39 is 13.6 Å². The van der Waals surface area contributed by atoms with Crippen LogP contribution in [0.5, 0.6) is 6.01 Å². The SMILES string of the molecule is CC(=O)NC(C)(C)C1=CCC(Oc2nc3cc(Cl)c(-c4ccc(N5CCOCC5)cc4)nc3n2COCC[Si](C)(C)C)C=C1. The normalized spacial score (nSPS) is 17.6. The second-order valence-electron chi connectivity index (χ2n) is 13.2. The Morgan fingerprint density at radius 3 is 2.52 bits per heavy atom. The molecule has 0 radical (unpaired) electrons. The lowest BCUT2D eigenvalue weighted by molar-refractivity contribution is -0.120. The average molecular weight is 638 g/mol. The van der Waals surface area contributed by atoms with Gasteiger partial charge in [0, 0.05) is 52.4 Å². The first-order valence-corrected chi connectivity index (χ1v) is 19.4. The Kier molecular flexibility index (Phi) is 9.84. The molecule has 1 fully saturated rings. The Hall–Kier alpha value is -3.18. The van der Waals surface area contributed by atoms with Crippen molar-refractivity contribution in [2.45, 2.75) is 71.3 Å². The number of fused-ring (bicyclic) bond motifs is 1. The number of aromatic nitrogens is 3. The lowest BCUT2D eigenvalue weighted by atomic mass is 9.89. The molecular weight excluding hydrogens is 594 g/mol. The van der Waals surface area contributed by atoms with Crippen molar-refractivity contribution in [2.75, 3.05) is 37.8 Å². The predicted octanol–water partition coefficient (Wildman–Crippen LogP) is 6.45. The molecule has 1 aliphatic heterocycles. The highest BCUT2D eigenvalue weighted by molar-refractivity contribution is 6.76. The first-order valence-electron chi connectivity index (χ1n) is 15.3. The lowest BCUT2D eigenvalue weighted by Crippen LogP contribution is -2.44. The molecule has 0 bridgehead atoms. The van der Waals surface area contributed by atoms with Crippen molar-refractivity contribution in [1.82, 2.24) is 19.9 Å². The monoisotopic (exact) mass is 637 g/mol. The van der Waals surface area contributed by atoms with Crippen LogP contribution in [0.2, 0.25) is 30.7 Å². The fourth-order valence-corrected chi connectivity index (χ4v) is 6.41. The van der Waals surface area contributed by atoms with Gasteiger partial charge in [-0.2, -0.15) is 4.98 Å². The third-order valence-corrected chi connectivity index (χ3v) is 9.89. The molecule has 1 atom stereocenters. The van der Waals surface area contributed by atoms with Gasteiger partial charge in [0.2, 0.25) is 5.91 Å². The molecule has 1 aliphatic carbocycles. The Balaban J connectivity index is 1.41. The zero-order valence-electron chi connectivity index (χ0n) is 26.7. The maximum absolute atomic E-state index is 11.7. The highest BCUT2D eigenvalue weighted by Gasteiger charge is 2.26. The van der Waals surface area contributed by atoms with E-state index in [1.54, 1.807) is 0 Å². The number of halogens is 1. The number of carbonyl (C=O) groups excluding carboxylic acids is 1. The number of imidazole rings is 1. The average Bonchev–Trinajstić information content (AvgIpc) is 3.29. The van der Waals surface area contributed by atoms with Crippen LogP contribution >= 0.6 is 11.6 Å². The van der Waals surface area contributed by atoms with Crippen LogP contribution in [0.4, 0.5) is 5.69 Å². The third-order valence-electron chi connectivity index (χ3n) is 7.90. The van der Waals surface area contributed by atoms with Crippen LogP contribution in [0.15, 0.2) is 54.1 Å². The van der Waals surface area contributed by atoms with Crippen molar-refractivity contribution in [3.63, 3.8) is 0 Å². The number of hydrogen-bond acceptors (Lipinski definition) is 7. The molecule has 5 rings (SSSR count). The molecule has 1 saturated heterocycles. The van der Waals surface area contributed by atoms with Crippen LogP contribution in [0, 0.1) is 0 Å². The fourth-order valence-electron chi connectivity index (χ4n) is 5.40. The Morgan fingerprint density at radius 2 is 1.89 bits per heavy atom. The van der Waals surface area contributed by atoms with Crippen molar-refractivity contribution >= 4 is 42.4 Å². The van der Waals surface area contributed by atoms with Crippen molar-refractivity contribution < 1.29 is 19.0 Å². The van der Waals surface area contributed by atoms with E-state index in [1.807, 2.05) is 36.6 Å². The number of amides is 1. The summed E-state index contributed by atoms with van der Waals surface area (Å²) < 4.78 is 20.0. The Bertz CT molecular complexity index is 1540. The molecule has 3 aromatic rings. The van der Waals surface area contributed by atoms with E-state index in [-0.39, 0.29) is 18.7 Å². The zero-order valence-corrected chi connectivity index (χ0v) is 28.4. The van der Waals surface area contributed by atoms with Gasteiger partial charge in [-0.15, -0.1) is 0 Å². The molecule has 1 aromatic carbocycles. The van der Waals surface area contributed by atoms with Gasteiger partial charge in [0.1, 0.15) is 18.4 Å². The number of hydrogen-bond donors (Lipinski definition) is 1. The first-order chi connectivity index (χ1) is 20.9. The summed E-state index contributed by atoms with van der Waals surface area (Å²) in [5.74, 6) is -0.0657. The molecule has 0 saturated carbocycles. The largest absolute Gasteiger partial charge is 0.457 e. The summed E-state index contributed by atoms with van der Waals surface area (Å²) in [6, 6.07) is 11.7. The van der Waals surface area contributed by atoms with Gasteiger partial charge >= 0.3 is 6.01 Å². The molecule has 236 valence electrons. The van der Waals surface area contributed by atoms with Crippen LogP contribution in [0.25, 0.3) is 22.4 Å². The van der Waals surface area contributed by atoms with Crippen LogP contribution in [0.3, 0.4) is 0 Å². The van der Waals surface area contributed by atoms with E-state index in [0.29, 0.717) is 40.9 Å². The smallest absolute Gasteiger partial charge is 0.301 e. The topological polar surface area (TPSA) is 90.7 Å². The molecular formula is C33H44ClN5O4Si. The second kappa shape index (κ2) is 13.4. The van der Waals surface area contributed by atoms with Gasteiger partial charge in [0.05, 0.1) is 29.5 Å². The molecule has 11 heteroatoms. The van der Waals surface area contributed by atoms with Crippen LogP contribution in [-0.4, -0.2) is 73.1 Å². The fraction of sp³-hybridized carbons (Fsp3) is 0.485. The first kappa shape index (κ1) is 32.2. The number of ether oxygens (including phenoxy) is 3. The number of morpholine rings is 1. The number of nitrogens with one attached hydrogen (secondary N) is 1. The standard InChI is InChI=1S/C33H44ClN5O4Si/c1-23(40)37-33(2,3)25-9-13-27(14-10-25)43-32-35-29-21-28(34)30(36-31(29)39(32)22-42-19-20-44(4,5)6)24-7-11-26(12-8-24)38-15-17-41-18-16-38/h7-13,21,27H,14-20,22H2,1-6H3,(H,37,40). The van der Waals surface area contributed by atoms with E-state index in [2.05, 4.69) is 60.2 Å². The van der Waals surface area contributed by atoms with E-state index >= 15 is 0 Å². The van der Waals surface area contributed by atoms with Gasteiger partial charge in [-0.1, -0.05) is 55.5 Å². The van der Waals surface area contributed by atoms with Gasteiger partial charge in [-0.3, -0.25) is 9.36 Å². The van der Waals surface area contributed by atoms with E-state index in [4.69, 9.17) is 35.8 Å². The maximum atomic E-state index is 11.7. The van der Waals surface area contributed by atoms with E-state index in [9.17, 15) is 4.79 Å². The summed E-state index contributed by atoms with van der Waals surface area (Å²) in [5.41, 5.74) is 4.65. The molecule has 3 heterocycles. The summed E-state index contributed by atoms with van der Waals surface area (Å²) >= 11 is 6.80. The predicted molar refractivity (Wildman–Crippen MR) is 179 cm³/mol. The number of carbonyl (C=O) groups is 1. The molecule has 44 heavy (non-hydrogen) atoms. The highest BCUT2D eigenvalue weighted by Crippen LogP contribution is 2.33. The number of rotatable bonds is 11.